The number of carbonyl (C=O) groups excluding carboxylic acids is 4. The van der Waals surface area contributed by atoms with E-state index in [4.69, 9.17) is 39.5 Å². The molecule has 3 amide bonds. The average Bonchev–Trinajstić information content (AvgIpc) is 3.02. The van der Waals surface area contributed by atoms with E-state index in [1.165, 1.54) is 24.3 Å². The lowest BCUT2D eigenvalue weighted by molar-refractivity contribution is -0.122. The van der Waals surface area contributed by atoms with E-state index in [0.29, 0.717) is 29.2 Å². The van der Waals surface area contributed by atoms with Gasteiger partial charge in [-0.15, -0.1) is 23.2 Å². The highest BCUT2D eigenvalue weighted by molar-refractivity contribution is 6.31. The molecule has 1 aliphatic carbocycles. The first kappa shape index (κ1) is 23.5. The number of halogens is 3. The minimum atomic E-state index is -0.717. The van der Waals surface area contributed by atoms with Gasteiger partial charge in [-0.05, 0) is 55.3 Å². The molecule has 2 aromatic carbocycles. The van der Waals surface area contributed by atoms with Crippen LogP contribution in [-0.4, -0.2) is 41.1 Å². The number of nitrogens with one attached hydrogen (secondary N) is 1. The molecule has 2 aromatic rings. The molecule has 0 spiro atoms. The lowest BCUT2D eigenvalue weighted by Crippen LogP contribution is -2.34. The Balaban J connectivity index is 1.37. The third-order valence-electron chi connectivity index (χ3n) is 5.72. The normalized spacial score (nSPS) is 24.4. The van der Waals surface area contributed by atoms with E-state index in [1.54, 1.807) is 24.3 Å². The Morgan fingerprint density at radius 3 is 2.15 bits per heavy atom. The van der Waals surface area contributed by atoms with Crippen LogP contribution in [0, 0.1) is 11.8 Å². The highest BCUT2D eigenvalue weighted by Gasteiger charge is 2.52. The molecular formula is C23H19Cl3N2O5. The molecule has 2 aliphatic rings. The molecule has 4 rings (SSSR count). The van der Waals surface area contributed by atoms with Crippen molar-refractivity contribution < 1.29 is 23.9 Å². The smallest absolute Gasteiger partial charge is 0.338 e. The van der Waals surface area contributed by atoms with Crippen molar-refractivity contribution in [3.8, 4) is 0 Å². The van der Waals surface area contributed by atoms with E-state index in [9.17, 15) is 19.2 Å². The first-order chi connectivity index (χ1) is 15.7. The van der Waals surface area contributed by atoms with Crippen LogP contribution in [0.2, 0.25) is 5.02 Å². The van der Waals surface area contributed by atoms with Crippen molar-refractivity contribution in [1.82, 2.24) is 0 Å². The summed E-state index contributed by atoms with van der Waals surface area (Å²) in [5.74, 6) is -2.84. The zero-order chi connectivity index (χ0) is 23.7. The van der Waals surface area contributed by atoms with Crippen molar-refractivity contribution >= 4 is 69.9 Å². The zero-order valence-corrected chi connectivity index (χ0v) is 19.4. The molecule has 2 fully saturated rings. The standard InChI is InChI=1S/C23H19Cl3N2O5/c24-13-2-1-3-14(8-13)27-20(29)11-33-23(32)12-4-6-15(7-5-12)28-21(30)16-9-18(25)19(26)10-17(16)22(28)31/h1-8,16-19H,9-11H2,(H,27,29)/t16-,17-,18-,19+/m1/s1. The molecule has 1 saturated heterocycles. The van der Waals surface area contributed by atoms with Crippen LogP contribution in [0.15, 0.2) is 48.5 Å². The number of benzene rings is 2. The minimum Gasteiger partial charge on any atom is -0.452 e. The van der Waals surface area contributed by atoms with Gasteiger partial charge in [0.2, 0.25) is 11.8 Å². The summed E-state index contributed by atoms with van der Waals surface area (Å²) in [4.78, 5) is 51.1. The number of imide groups is 1. The molecule has 0 aromatic heterocycles. The van der Waals surface area contributed by atoms with Crippen molar-refractivity contribution in [3.63, 3.8) is 0 Å². The third-order valence-corrected chi connectivity index (χ3v) is 7.04. The van der Waals surface area contributed by atoms with Crippen LogP contribution in [0.25, 0.3) is 0 Å². The number of alkyl halides is 2. The molecule has 1 saturated carbocycles. The Kier molecular flexibility index (Phi) is 6.93. The topological polar surface area (TPSA) is 92.8 Å². The summed E-state index contributed by atoms with van der Waals surface area (Å²) in [6.07, 6.45) is 0.701. The number of anilines is 2. The van der Waals surface area contributed by atoms with Crippen LogP contribution < -0.4 is 10.2 Å². The van der Waals surface area contributed by atoms with Crippen LogP contribution in [0.4, 0.5) is 11.4 Å². The van der Waals surface area contributed by atoms with E-state index in [-0.39, 0.29) is 28.1 Å². The zero-order valence-electron chi connectivity index (χ0n) is 17.2. The van der Waals surface area contributed by atoms with Gasteiger partial charge in [-0.3, -0.25) is 19.3 Å². The number of ether oxygens (including phenoxy) is 1. The largest absolute Gasteiger partial charge is 0.452 e. The van der Waals surface area contributed by atoms with Crippen molar-refractivity contribution in [3.05, 3.63) is 59.1 Å². The summed E-state index contributed by atoms with van der Waals surface area (Å²) in [7, 11) is 0. The highest BCUT2D eigenvalue weighted by atomic mass is 35.5. The highest BCUT2D eigenvalue weighted by Crippen LogP contribution is 2.43. The molecule has 33 heavy (non-hydrogen) atoms. The lowest BCUT2D eigenvalue weighted by Gasteiger charge is -2.28. The molecule has 172 valence electrons. The van der Waals surface area contributed by atoms with Crippen LogP contribution in [0.1, 0.15) is 23.2 Å². The number of fused-ring (bicyclic) bond motifs is 1. The lowest BCUT2D eigenvalue weighted by atomic mass is 9.80. The van der Waals surface area contributed by atoms with Crippen molar-refractivity contribution in [2.75, 3.05) is 16.8 Å². The fourth-order valence-electron chi connectivity index (χ4n) is 4.07. The summed E-state index contributed by atoms with van der Waals surface area (Å²) in [5, 5.41) is 2.31. The average molecular weight is 510 g/mol. The van der Waals surface area contributed by atoms with Gasteiger partial charge in [0.25, 0.3) is 5.91 Å². The summed E-state index contributed by atoms with van der Waals surface area (Å²) in [5.41, 5.74) is 1.01. The van der Waals surface area contributed by atoms with Gasteiger partial charge in [-0.25, -0.2) is 4.79 Å². The molecule has 7 nitrogen and oxygen atoms in total. The number of nitrogens with zero attached hydrogens (tertiary/aromatic N) is 1. The minimum absolute atomic E-state index is 0.174. The van der Waals surface area contributed by atoms with Gasteiger partial charge in [0, 0.05) is 10.7 Å². The molecule has 1 aliphatic heterocycles. The first-order valence-corrected chi connectivity index (χ1v) is 11.5. The van der Waals surface area contributed by atoms with Crippen molar-refractivity contribution in [2.45, 2.75) is 23.6 Å². The third kappa shape index (κ3) is 5.00. The Morgan fingerprint density at radius 1 is 0.970 bits per heavy atom. The maximum absolute atomic E-state index is 12.8. The second-order valence-electron chi connectivity index (χ2n) is 7.91. The molecule has 1 heterocycles. The molecule has 10 heteroatoms. The summed E-state index contributed by atoms with van der Waals surface area (Å²) >= 11 is 18.3. The van der Waals surface area contributed by atoms with E-state index in [0.717, 1.165) is 4.90 Å². The van der Waals surface area contributed by atoms with Crippen molar-refractivity contribution in [1.29, 1.82) is 0 Å². The fraction of sp³-hybridized carbons (Fsp3) is 0.304. The Morgan fingerprint density at radius 2 is 1.58 bits per heavy atom. The Hall–Kier alpha value is -2.61. The van der Waals surface area contributed by atoms with Crippen LogP contribution in [0.3, 0.4) is 0 Å². The van der Waals surface area contributed by atoms with Gasteiger partial charge >= 0.3 is 5.97 Å². The number of carbonyl (C=O) groups is 4. The number of rotatable bonds is 5. The molecule has 4 atom stereocenters. The molecule has 1 N–H and O–H groups in total. The maximum Gasteiger partial charge on any atom is 0.338 e. The van der Waals surface area contributed by atoms with E-state index < -0.39 is 30.3 Å². The van der Waals surface area contributed by atoms with Crippen LogP contribution in [0.5, 0.6) is 0 Å². The van der Waals surface area contributed by atoms with Gasteiger partial charge in [-0.2, -0.15) is 0 Å². The predicted molar refractivity (Wildman–Crippen MR) is 125 cm³/mol. The number of hydrogen-bond donors (Lipinski definition) is 1. The number of amides is 3. The van der Waals surface area contributed by atoms with E-state index in [1.807, 2.05) is 0 Å². The van der Waals surface area contributed by atoms with E-state index in [2.05, 4.69) is 5.32 Å². The van der Waals surface area contributed by atoms with Gasteiger partial charge in [0.1, 0.15) is 0 Å². The van der Waals surface area contributed by atoms with Gasteiger partial charge in [0.05, 0.1) is 33.8 Å². The monoisotopic (exact) mass is 508 g/mol. The van der Waals surface area contributed by atoms with Crippen LogP contribution in [-0.2, 0) is 19.1 Å². The van der Waals surface area contributed by atoms with E-state index >= 15 is 0 Å². The predicted octanol–water partition coefficient (Wildman–Crippen LogP) is 4.25. The van der Waals surface area contributed by atoms with Gasteiger partial charge in [-0.1, -0.05) is 17.7 Å². The Bertz CT molecular complexity index is 1080. The molecule has 0 radical (unpaired) electrons. The molecular weight excluding hydrogens is 491 g/mol. The SMILES string of the molecule is O=C(COC(=O)c1ccc(N2C(=O)[C@@H]3C[C@@H](Cl)[C@@H](Cl)C[C@H]3C2=O)cc1)Nc1cccc(Cl)c1. The second kappa shape index (κ2) is 9.71. The summed E-state index contributed by atoms with van der Waals surface area (Å²) in [6.45, 7) is -0.487. The number of hydrogen-bond acceptors (Lipinski definition) is 5. The quantitative estimate of drug-likeness (QED) is 0.370. The van der Waals surface area contributed by atoms with Crippen molar-refractivity contribution in [2.24, 2.45) is 11.8 Å². The van der Waals surface area contributed by atoms with Gasteiger partial charge < -0.3 is 10.1 Å². The fourth-order valence-corrected chi connectivity index (χ4v) is 4.85. The Labute approximate surface area is 204 Å². The maximum atomic E-state index is 12.8. The van der Waals surface area contributed by atoms with Crippen LogP contribution >= 0.6 is 34.8 Å². The summed E-state index contributed by atoms with van der Waals surface area (Å²) < 4.78 is 5.04. The van der Waals surface area contributed by atoms with Gasteiger partial charge in [0.15, 0.2) is 6.61 Å². The molecule has 0 unspecified atom stereocenters. The molecule has 0 bridgehead atoms. The second-order valence-corrected chi connectivity index (χ2v) is 9.47. The summed E-state index contributed by atoms with van der Waals surface area (Å²) in [6, 6.07) is 12.4. The first-order valence-electron chi connectivity index (χ1n) is 10.2. The number of esters is 1.